The summed E-state index contributed by atoms with van der Waals surface area (Å²) in [6.07, 6.45) is 1.85. The number of rotatable bonds is 6. The Labute approximate surface area is 324 Å². The van der Waals surface area contributed by atoms with Crippen LogP contribution in [0.5, 0.6) is 0 Å². The Morgan fingerprint density at radius 1 is 0.339 bits per heavy atom. The molecule has 10 rings (SSSR count). The highest BCUT2D eigenvalue weighted by Crippen LogP contribution is 2.42. The molecule has 0 saturated carbocycles. The zero-order valence-electron chi connectivity index (χ0n) is 30.1. The minimum Gasteiger partial charge on any atom is -0.256 e. The topological polar surface area (TPSA) is 55.9 Å². The van der Waals surface area contributed by atoms with E-state index in [1.807, 2.05) is 97.2 Å². The normalized spacial score (nSPS) is 11.2. The van der Waals surface area contributed by atoms with Crippen molar-refractivity contribution in [2.24, 2.45) is 0 Å². The van der Waals surface area contributed by atoms with Crippen LogP contribution in [0.1, 0.15) is 0 Å². The highest BCUT2D eigenvalue weighted by atomic mass is 15.0. The van der Waals surface area contributed by atoms with Crippen molar-refractivity contribution in [2.75, 3.05) is 0 Å². The molecule has 0 fully saturated rings. The van der Waals surface area contributed by atoms with Crippen molar-refractivity contribution >= 4 is 38.1 Å². The third-order valence-electron chi connectivity index (χ3n) is 10.4. The number of nitrogens with zero attached hydrogens (tertiary/aromatic N) is 5. The number of hydrogen-bond acceptors (Lipinski definition) is 4. The van der Waals surface area contributed by atoms with E-state index in [1.54, 1.807) is 0 Å². The zero-order valence-corrected chi connectivity index (χ0v) is 30.1. The first-order chi connectivity index (χ1) is 27.7. The summed E-state index contributed by atoms with van der Waals surface area (Å²) in [5.74, 6) is 1.92. The molecule has 0 bridgehead atoms. The van der Waals surface area contributed by atoms with Crippen LogP contribution >= 0.6 is 0 Å². The fourth-order valence-electron chi connectivity index (χ4n) is 7.62. The maximum atomic E-state index is 7.41. The lowest BCUT2D eigenvalue weighted by atomic mass is 9.88. The lowest BCUT2D eigenvalue weighted by Crippen LogP contribution is -2.00. The van der Waals surface area contributed by atoms with Gasteiger partial charge in [-0.05, 0) is 73.6 Å². The van der Waals surface area contributed by atoms with Crippen LogP contribution in [0.25, 0.3) is 105 Å². The second kappa shape index (κ2) is 13.9. The highest BCUT2D eigenvalue weighted by molar-refractivity contribution is 6.23. The lowest BCUT2D eigenvalue weighted by Gasteiger charge is -2.16. The summed E-state index contributed by atoms with van der Waals surface area (Å²) in [6, 6.07) is 62.5. The zero-order chi connectivity index (χ0) is 37.4. The lowest BCUT2D eigenvalue weighted by molar-refractivity contribution is 1.07. The molecule has 0 spiro atoms. The van der Waals surface area contributed by atoms with Crippen molar-refractivity contribution in [3.8, 4) is 67.5 Å². The second-order valence-corrected chi connectivity index (χ2v) is 13.7. The largest absolute Gasteiger partial charge is 0.256 e. The van der Waals surface area contributed by atoms with Gasteiger partial charge in [0.1, 0.15) is 0 Å². The third kappa shape index (κ3) is 5.92. The summed E-state index contributed by atoms with van der Waals surface area (Å²) in [7, 11) is 0. The summed E-state index contributed by atoms with van der Waals surface area (Å²) in [6.45, 7) is 7.41. The first-order valence-electron chi connectivity index (χ1n) is 18.5. The van der Waals surface area contributed by atoms with Gasteiger partial charge in [0.25, 0.3) is 0 Å². The maximum Gasteiger partial charge on any atom is 0.187 e. The van der Waals surface area contributed by atoms with Crippen LogP contribution in [0, 0.1) is 6.57 Å². The number of pyridine rings is 1. The van der Waals surface area contributed by atoms with Gasteiger partial charge in [-0.1, -0.05) is 158 Å². The molecule has 2 heterocycles. The molecule has 0 aliphatic heterocycles. The van der Waals surface area contributed by atoms with E-state index in [9.17, 15) is 0 Å². The van der Waals surface area contributed by atoms with E-state index in [0.717, 1.165) is 66.4 Å². The fourth-order valence-corrected chi connectivity index (χ4v) is 7.62. The SMILES string of the molecule is [C-]#[N+]c1ccc(-c2cc3c4ccccc4c(-c4cccc(-c5ccc(-c6nc(-c7ccccc7)nc(-c7ccccc7)n6)cc5)c4)cc3c3cccnc23)cc1. The average molecular weight is 714 g/mol. The van der Waals surface area contributed by atoms with Crippen LogP contribution in [-0.2, 0) is 0 Å². The summed E-state index contributed by atoms with van der Waals surface area (Å²) in [5, 5.41) is 5.78. The summed E-state index contributed by atoms with van der Waals surface area (Å²) < 4.78 is 0. The van der Waals surface area contributed by atoms with Crippen molar-refractivity contribution in [1.82, 2.24) is 19.9 Å². The molecule has 0 atom stereocenters. The molecule has 0 saturated heterocycles. The minimum absolute atomic E-state index is 0.623. The van der Waals surface area contributed by atoms with Crippen molar-refractivity contribution in [2.45, 2.75) is 0 Å². The standard InChI is InChI=1S/C51H31N5/c1-52-40-27-25-34(26-28-40)45-32-46-42-19-9-8-18-41(42)44(31-47(46)43-20-11-29-53-48(43)45)39-17-10-16-38(30-39)33-21-23-37(24-22-33)51-55-49(35-12-4-2-5-13-35)54-50(56-51)36-14-6-3-7-15-36/h2-32H. The van der Waals surface area contributed by atoms with Crippen molar-refractivity contribution in [1.29, 1.82) is 0 Å². The Morgan fingerprint density at radius 3 is 1.50 bits per heavy atom. The predicted molar refractivity (Wildman–Crippen MR) is 229 cm³/mol. The van der Waals surface area contributed by atoms with Gasteiger partial charge in [0.05, 0.1) is 12.1 Å². The minimum atomic E-state index is 0.623. The molecule has 2 aromatic heterocycles. The van der Waals surface area contributed by atoms with Gasteiger partial charge in [0, 0.05) is 33.8 Å². The number of fused-ring (bicyclic) bond motifs is 5. The molecule has 260 valence electrons. The van der Waals surface area contributed by atoms with E-state index in [1.165, 1.54) is 16.2 Å². The molecule has 0 aliphatic carbocycles. The summed E-state index contributed by atoms with van der Waals surface area (Å²) in [5.41, 5.74) is 11.0. The van der Waals surface area contributed by atoms with E-state index in [2.05, 4.69) is 95.8 Å². The van der Waals surface area contributed by atoms with Gasteiger partial charge in [-0.3, -0.25) is 4.98 Å². The van der Waals surface area contributed by atoms with Gasteiger partial charge in [0.2, 0.25) is 0 Å². The molecule has 56 heavy (non-hydrogen) atoms. The molecule has 0 radical (unpaired) electrons. The van der Waals surface area contributed by atoms with Gasteiger partial charge < -0.3 is 0 Å². The van der Waals surface area contributed by atoms with E-state index in [-0.39, 0.29) is 0 Å². The van der Waals surface area contributed by atoms with E-state index < -0.39 is 0 Å². The van der Waals surface area contributed by atoms with Crippen LogP contribution in [0.3, 0.4) is 0 Å². The molecule has 0 unspecified atom stereocenters. The molecule has 0 aliphatic rings. The highest BCUT2D eigenvalue weighted by Gasteiger charge is 2.16. The Morgan fingerprint density at radius 2 is 0.839 bits per heavy atom. The van der Waals surface area contributed by atoms with E-state index in [0.29, 0.717) is 23.2 Å². The van der Waals surface area contributed by atoms with Gasteiger partial charge in [-0.15, -0.1) is 0 Å². The van der Waals surface area contributed by atoms with Gasteiger partial charge in [0.15, 0.2) is 23.2 Å². The molecule has 8 aromatic carbocycles. The fraction of sp³-hybridized carbons (Fsp3) is 0. The number of hydrogen-bond donors (Lipinski definition) is 0. The average Bonchev–Trinajstić information content (AvgIpc) is 3.29. The van der Waals surface area contributed by atoms with Crippen LogP contribution in [0.15, 0.2) is 188 Å². The van der Waals surface area contributed by atoms with Crippen LogP contribution < -0.4 is 0 Å². The third-order valence-corrected chi connectivity index (χ3v) is 10.4. The van der Waals surface area contributed by atoms with Crippen LogP contribution in [0.4, 0.5) is 5.69 Å². The van der Waals surface area contributed by atoms with Gasteiger partial charge in [-0.2, -0.15) is 0 Å². The monoisotopic (exact) mass is 713 g/mol. The molecular weight excluding hydrogens is 683 g/mol. The van der Waals surface area contributed by atoms with E-state index >= 15 is 0 Å². The molecule has 5 nitrogen and oxygen atoms in total. The molecule has 10 aromatic rings. The smallest absolute Gasteiger partial charge is 0.187 e. The first-order valence-corrected chi connectivity index (χ1v) is 18.5. The maximum absolute atomic E-state index is 7.41. The molecule has 0 N–H and O–H groups in total. The van der Waals surface area contributed by atoms with Crippen molar-refractivity contribution in [3.05, 3.63) is 200 Å². The van der Waals surface area contributed by atoms with Crippen LogP contribution in [-0.4, -0.2) is 19.9 Å². The van der Waals surface area contributed by atoms with Crippen LogP contribution in [0.2, 0.25) is 0 Å². The second-order valence-electron chi connectivity index (χ2n) is 13.7. The molecule has 0 amide bonds. The predicted octanol–water partition coefficient (Wildman–Crippen LogP) is 13.3. The molecular formula is C51H31N5. The molecule has 5 heteroatoms. The Balaban J connectivity index is 1.06. The quantitative estimate of drug-likeness (QED) is 0.127. The number of benzene rings is 8. The van der Waals surface area contributed by atoms with Crippen molar-refractivity contribution in [3.63, 3.8) is 0 Å². The van der Waals surface area contributed by atoms with Crippen molar-refractivity contribution < 1.29 is 0 Å². The van der Waals surface area contributed by atoms with E-state index in [4.69, 9.17) is 26.5 Å². The Bertz CT molecular complexity index is 3060. The van der Waals surface area contributed by atoms with Gasteiger partial charge >= 0.3 is 0 Å². The Kier molecular flexibility index (Phi) is 8.13. The summed E-state index contributed by atoms with van der Waals surface area (Å²) >= 11 is 0. The summed E-state index contributed by atoms with van der Waals surface area (Å²) in [4.78, 5) is 23.2. The number of aromatic nitrogens is 4. The van der Waals surface area contributed by atoms with Gasteiger partial charge in [-0.25, -0.2) is 19.8 Å². The Hall–Kier alpha value is -7.81. The first kappa shape index (κ1) is 32.8.